The van der Waals surface area contributed by atoms with Gasteiger partial charge < -0.3 is 5.32 Å². The van der Waals surface area contributed by atoms with Gasteiger partial charge in [-0.2, -0.15) is 10.2 Å². The predicted molar refractivity (Wildman–Crippen MR) is 92.0 cm³/mol. The van der Waals surface area contributed by atoms with Crippen molar-refractivity contribution < 1.29 is 4.79 Å². The van der Waals surface area contributed by atoms with E-state index in [1.54, 1.807) is 29.1 Å². The number of aromatic nitrogens is 4. The van der Waals surface area contributed by atoms with Crippen LogP contribution in [0, 0.1) is 6.92 Å². The third kappa shape index (κ3) is 2.92. The van der Waals surface area contributed by atoms with Crippen LogP contribution in [0.15, 0.2) is 41.3 Å². The number of rotatable bonds is 4. The van der Waals surface area contributed by atoms with Gasteiger partial charge in [0.2, 0.25) is 5.91 Å². The van der Waals surface area contributed by atoms with E-state index in [4.69, 9.17) is 0 Å². The average molecular weight is 325 g/mol. The van der Waals surface area contributed by atoms with Crippen LogP contribution in [-0.2, 0) is 11.3 Å². The monoisotopic (exact) mass is 325 g/mol. The maximum Gasteiger partial charge on any atom is 0.275 e. The van der Waals surface area contributed by atoms with Crippen molar-refractivity contribution in [2.45, 2.75) is 33.4 Å². The van der Waals surface area contributed by atoms with Crippen LogP contribution in [0.25, 0.3) is 10.8 Å². The van der Waals surface area contributed by atoms with E-state index >= 15 is 0 Å². The SMILES string of the molecule is Cc1nn(CC(=O)Nc2ccnn2C(C)C)c(=O)c2ccccc12. The molecule has 1 amide bonds. The fourth-order valence-electron chi connectivity index (χ4n) is 2.65. The van der Waals surface area contributed by atoms with Crippen molar-refractivity contribution in [3.63, 3.8) is 0 Å². The molecule has 0 aliphatic heterocycles. The second kappa shape index (κ2) is 6.27. The van der Waals surface area contributed by atoms with Crippen LogP contribution in [0.2, 0.25) is 0 Å². The molecule has 0 radical (unpaired) electrons. The zero-order valence-corrected chi connectivity index (χ0v) is 13.9. The Bertz CT molecular complexity index is 955. The summed E-state index contributed by atoms with van der Waals surface area (Å²) in [5.74, 6) is 0.280. The van der Waals surface area contributed by atoms with E-state index in [-0.39, 0.29) is 24.1 Å². The standard InChI is InChI=1S/C17H19N5O2/c1-11(2)22-15(8-9-18-22)19-16(23)10-21-17(24)14-7-5-4-6-13(14)12(3)20-21/h4-9,11H,10H2,1-3H3,(H,19,23). The quantitative estimate of drug-likeness (QED) is 0.796. The fourth-order valence-corrected chi connectivity index (χ4v) is 2.65. The van der Waals surface area contributed by atoms with Gasteiger partial charge in [0.1, 0.15) is 12.4 Å². The Balaban J connectivity index is 1.87. The lowest BCUT2D eigenvalue weighted by molar-refractivity contribution is -0.117. The number of nitrogens with zero attached hydrogens (tertiary/aromatic N) is 4. The van der Waals surface area contributed by atoms with Gasteiger partial charge in [-0.3, -0.25) is 9.59 Å². The molecule has 0 spiro atoms. The normalized spacial score (nSPS) is 11.2. The second-order valence-corrected chi connectivity index (χ2v) is 5.90. The van der Waals surface area contributed by atoms with E-state index < -0.39 is 0 Å². The smallest absolute Gasteiger partial charge is 0.275 e. The predicted octanol–water partition coefficient (Wildman–Crippen LogP) is 2.12. The summed E-state index contributed by atoms with van der Waals surface area (Å²) in [6, 6.07) is 9.10. The van der Waals surface area contributed by atoms with Gasteiger partial charge in [0.15, 0.2) is 0 Å². The van der Waals surface area contributed by atoms with Crippen LogP contribution in [0.5, 0.6) is 0 Å². The molecule has 1 N–H and O–H groups in total. The molecule has 0 aliphatic rings. The van der Waals surface area contributed by atoms with Gasteiger partial charge in [-0.1, -0.05) is 18.2 Å². The molecular weight excluding hydrogens is 306 g/mol. The van der Waals surface area contributed by atoms with Gasteiger partial charge in [-0.25, -0.2) is 9.36 Å². The minimum absolute atomic E-state index is 0.124. The third-order valence-electron chi connectivity index (χ3n) is 3.77. The lowest BCUT2D eigenvalue weighted by Gasteiger charge is -2.12. The molecule has 7 heteroatoms. The number of hydrogen-bond donors (Lipinski definition) is 1. The molecule has 0 bridgehead atoms. The van der Waals surface area contributed by atoms with Crippen LogP contribution >= 0.6 is 0 Å². The molecule has 3 rings (SSSR count). The minimum atomic E-state index is -0.318. The van der Waals surface area contributed by atoms with Crippen molar-refractivity contribution in [1.29, 1.82) is 0 Å². The van der Waals surface area contributed by atoms with Crippen molar-refractivity contribution >= 4 is 22.5 Å². The van der Waals surface area contributed by atoms with Crippen LogP contribution < -0.4 is 10.9 Å². The van der Waals surface area contributed by atoms with E-state index in [1.165, 1.54) is 4.68 Å². The first kappa shape index (κ1) is 15.9. The first-order valence-corrected chi connectivity index (χ1v) is 7.77. The van der Waals surface area contributed by atoms with Gasteiger partial charge in [0.05, 0.1) is 17.3 Å². The number of aryl methyl sites for hydroxylation is 1. The highest BCUT2D eigenvalue weighted by atomic mass is 16.2. The van der Waals surface area contributed by atoms with Crippen LogP contribution in [0.3, 0.4) is 0 Å². The first-order valence-electron chi connectivity index (χ1n) is 7.77. The fraction of sp³-hybridized carbons (Fsp3) is 0.294. The van der Waals surface area contributed by atoms with E-state index in [0.717, 1.165) is 5.39 Å². The van der Waals surface area contributed by atoms with Crippen LogP contribution in [-0.4, -0.2) is 25.5 Å². The Hall–Kier alpha value is -2.96. The molecule has 24 heavy (non-hydrogen) atoms. The van der Waals surface area contributed by atoms with Crippen molar-refractivity contribution in [2.24, 2.45) is 0 Å². The summed E-state index contributed by atoms with van der Waals surface area (Å²) in [6.07, 6.45) is 1.63. The lowest BCUT2D eigenvalue weighted by atomic mass is 10.1. The van der Waals surface area contributed by atoms with Gasteiger partial charge in [0, 0.05) is 17.5 Å². The van der Waals surface area contributed by atoms with E-state index in [0.29, 0.717) is 16.9 Å². The molecule has 2 heterocycles. The second-order valence-electron chi connectivity index (χ2n) is 5.90. The number of carbonyl (C=O) groups excluding carboxylic acids is 1. The van der Waals surface area contributed by atoms with E-state index in [9.17, 15) is 9.59 Å². The molecule has 3 aromatic rings. The van der Waals surface area contributed by atoms with E-state index in [2.05, 4.69) is 15.5 Å². The first-order chi connectivity index (χ1) is 11.5. The molecule has 0 saturated carbocycles. The summed E-state index contributed by atoms with van der Waals surface area (Å²) >= 11 is 0. The molecule has 0 aliphatic carbocycles. The van der Waals surface area contributed by atoms with Crippen molar-refractivity contribution in [3.05, 3.63) is 52.6 Å². The van der Waals surface area contributed by atoms with Crippen molar-refractivity contribution in [2.75, 3.05) is 5.32 Å². The van der Waals surface area contributed by atoms with Gasteiger partial charge in [-0.05, 0) is 26.8 Å². The zero-order valence-electron chi connectivity index (χ0n) is 13.9. The summed E-state index contributed by atoms with van der Waals surface area (Å²) in [4.78, 5) is 24.8. The summed E-state index contributed by atoms with van der Waals surface area (Å²) in [6.45, 7) is 5.63. The largest absolute Gasteiger partial charge is 0.309 e. The number of hydrogen-bond acceptors (Lipinski definition) is 4. The Morgan fingerprint density at radius 3 is 2.62 bits per heavy atom. The number of anilines is 1. The van der Waals surface area contributed by atoms with E-state index in [1.807, 2.05) is 32.9 Å². The van der Waals surface area contributed by atoms with Crippen molar-refractivity contribution in [1.82, 2.24) is 19.6 Å². The number of benzene rings is 1. The maximum atomic E-state index is 12.5. The summed E-state index contributed by atoms with van der Waals surface area (Å²) in [5, 5.41) is 12.6. The van der Waals surface area contributed by atoms with Gasteiger partial charge in [-0.15, -0.1) is 0 Å². The molecule has 0 unspecified atom stereocenters. The molecule has 124 valence electrons. The zero-order chi connectivity index (χ0) is 17.3. The molecule has 0 fully saturated rings. The summed E-state index contributed by atoms with van der Waals surface area (Å²) in [5.41, 5.74) is 0.439. The molecule has 2 aromatic heterocycles. The number of fused-ring (bicyclic) bond motifs is 1. The third-order valence-corrected chi connectivity index (χ3v) is 3.77. The summed E-state index contributed by atoms with van der Waals surface area (Å²) in [7, 11) is 0. The lowest BCUT2D eigenvalue weighted by Crippen LogP contribution is -2.31. The van der Waals surface area contributed by atoms with Crippen LogP contribution in [0.4, 0.5) is 5.82 Å². The Morgan fingerprint density at radius 1 is 1.21 bits per heavy atom. The molecule has 1 aromatic carbocycles. The number of amides is 1. The maximum absolute atomic E-state index is 12.5. The number of carbonyl (C=O) groups is 1. The summed E-state index contributed by atoms with van der Waals surface area (Å²) < 4.78 is 2.91. The molecule has 7 nitrogen and oxygen atoms in total. The highest BCUT2D eigenvalue weighted by Crippen LogP contribution is 2.14. The molecular formula is C17H19N5O2. The topological polar surface area (TPSA) is 81.8 Å². The Labute approximate surface area is 138 Å². The average Bonchev–Trinajstić information content (AvgIpc) is 3.00. The molecule has 0 saturated heterocycles. The minimum Gasteiger partial charge on any atom is -0.309 e. The number of nitrogens with one attached hydrogen (secondary N) is 1. The van der Waals surface area contributed by atoms with Gasteiger partial charge >= 0.3 is 0 Å². The molecule has 0 atom stereocenters. The van der Waals surface area contributed by atoms with Crippen molar-refractivity contribution in [3.8, 4) is 0 Å². The highest BCUT2D eigenvalue weighted by molar-refractivity contribution is 5.90. The Morgan fingerprint density at radius 2 is 1.92 bits per heavy atom. The van der Waals surface area contributed by atoms with Crippen LogP contribution in [0.1, 0.15) is 25.6 Å². The highest BCUT2D eigenvalue weighted by Gasteiger charge is 2.13. The van der Waals surface area contributed by atoms with Gasteiger partial charge in [0.25, 0.3) is 5.56 Å². The Kier molecular flexibility index (Phi) is 4.16.